The quantitative estimate of drug-likeness (QED) is 0.641. The zero-order chi connectivity index (χ0) is 7.68. The molecule has 2 rings (SSSR count). The molecule has 1 aromatic rings. The highest BCUT2D eigenvalue weighted by molar-refractivity contribution is 4.95. The fourth-order valence-corrected chi connectivity index (χ4v) is 1.53. The van der Waals surface area contributed by atoms with Gasteiger partial charge in [0.25, 0.3) is 0 Å². The third-order valence-electron chi connectivity index (χ3n) is 2.19. The van der Waals surface area contributed by atoms with Crippen molar-refractivity contribution in [2.24, 2.45) is 0 Å². The lowest BCUT2D eigenvalue weighted by atomic mass is 10.2. The molecular formula is C8H13N3. The lowest BCUT2D eigenvalue weighted by Gasteiger charge is -2.08. The average molecular weight is 151 g/mol. The van der Waals surface area contributed by atoms with Crippen LogP contribution in [-0.4, -0.2) is 22.6 Å². The van der Waals surface area contributed by atoms with E-state index in [9.17, 15) is 0 Å². The van der Waals surface area contributed by atoms with Crippen LogP contribution < -0.4 is 5.32 Å². The van der Waals surface area contributed by atoms with Crippen molar-refractivity contribution >= 4 is 0 Å². The van der Waals surface area contributed by atoms with E-state index >= 15 is 0 Å². The molecule has 1 saturated heterocycles. The lowest BCUT2D eigenvalue weighted by Crippen LogP contribution is -2.11. The van der Waals surface area contributed by atoms with E-state index in [1.165, 1.54) is 6.42 Å². The van der Waals surface area contributed by atoms with Crippen molar-refractivity contribution in [1.82, 2.24) is 14.9 Å². The number of nitrogens with one attached hydrogen (secondary N) is 1. The summed E-state index contributed by atoms with van der Waals surface area (Å²) in [6.07, 6.45) is 5.26. The first-order valence-electron chi connectivity index (χ1n) is 4.07. The van der Waals surface area contributed by atoms with Crippen LogP contribution in [0.15, 0.2) is 12.5 Å². The van der Waals surface area contributed by atoms with Crippen LogP contribution in [0.3, 0.4) is 0 Å². The highest BCUT2D eigenvalue weighted by atomic mass is 15.1. The molecule has 0 spiro atoms. The minimum absolute atomic E-state index is 0.635. The number of rotatable bonds is 1. The second kappa shape index (κ2) is 2.66. The first-order chi connectivity index (χ1) is 5.36. The Hall–Kier alpha value is -0.830. The Bertz CT molecular complexity index is 235. The standard InChI is InChI=1S/C8H13N3/c1-7-5-11(6-10-7)8-2-3-9-4-8/h5-6,8-9H,2-4H2,1H3. The van der Waals surface area contributed by atoms with Crippen LogP contribution in [0.2, 0.25) is 0 Å². The molecule has 1 aliphatic rings. The number of hydrogen-bond donors (Lipinski definition) is 1. The molecule has 0 aromatic carbocycles. The van der Waals surface area contributed by atoms with E-state index in [1.807, 2.05) is 13.3 Å². The van der Waals surface area contributed by atoms with Crippen molar-refractivity contribution in [2.75, 3.05) is 13.1 Å². The van der Waals surface area contributed by atoms with E-state index in [0.717, 1.165) is 18.8 Å². The summed E-state index contributed by atoms with van der Waals surface area (Å²) in [5, 5.41) is 3.33. The molecule has 0 radical (unpaired) electrons. The second-order valence-corrected chi connectivity index (χ2v) is 3.11. The maximum absolute atomic E-state index is 4.20. The van der Waals surface area contributed by atoms with Gasteiger partial charge in [-0.3, -0.25) is 0 Å². The maximum Gasteiger partial charge on any atom is 0.0952 e. The third kappa shape index (κ3) is 1.28. The van der Waals surface area contributed by atoms with Gasteiger partial charge in [0.05, 0.1) is 12.0 Å². The van der Waals surface area contributed by atoms with Crippen LogP contribution in [0.1, 0.15) is 18.2 Å². The summed E-state index contributed by atoms with van der Waals surface area (Å²) in [5.41, 5.74) is 1.11. The van der Waals surface area contributed by atoms with Crippen molar-refractivity contribution in [3.63, 3.8) is 0 Å². The van der Waals surface area contributed by atoms with Gasteiger partial charge < -0.3 is 9.88 Å². The summed E-state index contributed by atoms with van der Waals surface area (Å²) in [7, 11) is 0. The van der Waals surface area contributed by atoms with Gasteiger partial charge in [0, 0.05) is 18.8 Å². The van der Waals surface area contributed by atoms with Gasteiger partial charge in [-0.2, -0.15) is 0 Å². The molecule has 11 heavy (non-hydrogen) atoms. The van der Waals surface area contributed by atoms with E-state index in [0.29, 0.717) is 6.04 Å². The van der Waals surface area contributed by atoms with Crippen LogP contribution >= 0.6 is 0 Å². The minimum atomic E-state index is 0.635. The maximum atomic E-state index is 4.20. The molecule has 3 heteroatoms. The fraction of sp³-hybridized carbons (Fsp3) is 0.625. The molecule has 0 aliphatic carbocycles. The van der Waals surface area contributed by atoms with E-state index in [4.69, 9.17) is 0 Å². The number of aromatic nitrogens is 2. The molecule has 3 nitrogen and oxygen atoms in total. The predicted molar refractivity (Wildman–Crippen MR) is 43.5 cm³/mol. The zero-order valence-electron chi connectivity index (χ0n) is 6.75. The summed E-state index contributed by atoms with van der Waals surface area (Å²) in [5.74, 6) is 0. The predicted octanol–water partition coefficient (Wildman–Crippen LogP) is 0.726. The van der Waals surface area contributed by atoms with Crippen LogP contribution in [0.25, 0.3) is 0 Å². The van der Waals surface area contributed by atoms with Gasteiger partial charge in [0.15, 0.2) is 0 Å². The molecule has 1 aromatic heterocycles. The van der Waals surface area contributed by atoms with Gasteiger partial charge in [-0.1, -0.05) is 0 Å². The Morgan fingerprint density at radius 2 is 2.64 bits per heavy atom. The van der Waals surface area contributed by atoms with Crippen molar-refractivity contribution in [3.8, 4) is 0 Å². The number of aryl methyl sites for hydroxylation is 1. The first kappa shape index (κ1) is 6.85. The number of nitrogens with zero attached hydrogens (tertiary/aromatic N) is 2. The first-order valence-corrected chi connectivity index (χ1v) is 4.07. The van der Waals surface area contributed by atoms with E-state index in [2.05, 4.69) is 21.1 Å². The van der Waals surface area contributed by atoms with Crippen molar-refractivity contribution in [1.29, 1.82) is 0 Å². The normalized spacial score (nSPS) is 24.3. The molecule has 1 atom stereocenters. The minimum Gasteiger partial charge on any atom is -0.333 e. The van der Waals surface area contributed by atoms with Crippen LogP contribution in [0.5, 0.6) is 0 Å². The smallest absolute Gasteiger partial charge is 0.0952 e. The Kier molecular flexibility index (Phi) is 1.66. The summed E-state index contributed by atoms with van der Waals surface area (Å²) in [6.45, 7) is 4.26. The van der Waals surface area contributed by atoms with E-state index in [-0.39, 0.29) is 0 Å². The Labute approximate surface area is 66.4 Å². The largest absolute Gasteiger partial charge is 0.333 e. The van der Waals surface area contributed by atoms with Crippen LogP contribution in [0.4, 0.5) is 0 Å². The van der Waals surface area contributed by atoms with Crippen LogP contribution in [0, 0.1) is 6.92 Å². The molecular weight excluding hydrogens is 138 g/mol. The molecule has 0 bridgehead atoms. The second-order valence-electron chi connectivity index (χ2n) is 3.11. The Morgan fingerprint density at radius 3 is 3.18 bits per heavy atom. The lowest BCUT2D eigenvalue weighted by molar-refractivity contribution is 0.546. The molecule has 1 aliphatic heterocycles. The van der Waals surface area contributed by atoms with Gasteiger partial charge >= 0.3 is 0 Å². The van der Waals surface area contributed by atoms with Crippen LogP contribution in [-0.2, 0) is 0 Å². The van der Waals surface area contributed by atoms with Gasteiger partial charge in [-0.15, -0.1) is 0 Å². The summed E-state index contributed by atoms with van der Waals surface area (Å²) >= 11 is 0. The highest BCUT2D eigenvalue weighted by Gasteiger charge is 2.15. The number of imidazole rings is 1. The topological polar surface area (TPSA) is 29.9 Å². The van der Waals surface area contributed by atoms with Crippen molar-refractivity contribution < 1.29 is 0 Å². The van der Waals surface area contributed by atoms with Crippen molar-refractivity contribution in [3.05, 3.63) is 18.2 Å². The van der Waals surface area contributed by atoms with Crippen molar-refractivity contribution in [2.45, 2.75) is 19.4 Å². The molecule has 1 fully saturated rings. The van der Waals surface area contributed by atoms with Gasteiger partial charge in [0.2, 0.25) is 0 Å². The Morgan fingerprint density at radius 1 is 1.73 bits per heavy atom. The molecule has 1 unspecified atom stereocenters. The molecule has 0 saturated carbocycles. The third-order valence-corrected chi connectivity index (χ3v) is 2.19. The van der Waals surface area contributed by atoms with E-state index in [1.54, 1.807) is 0 Å². The molecule has 2 heterocycles. The van der Waals surface area contributed by atoms with Gasteiger partial charge in [-0.05, 0) is 19.9 Å². The van der Waals surface area contributed by atoms with E-state index < -0.39 is 0 Å². The summed E-state index contributed by atoms with van der Waals surface area (Å²) < 4.78 is 2.20. The molecule has 1 N–H and O–H groups in total. The fourth-order valence-electron chi connectivity index (χ4n) is 1.53. The summed E-state index contributed by atoms with van der Waals surface area (Å²) in [6, 6.07) is 0.635. The SMILES string of the molecule is Cc1cn(C2CCNC2)cn1. The monoisotopic (exact) mass is 151 g/mol. The molecule has 60 valence electrons. The van der Waals surface area contributed by atoms with Gasteiger partial charge in [0.1, 0.15) is 0 Å². The number of hydrogen-bond acceptors (Lipinski definition) is 2. The Balaban J connectivity index is 2.15. The zero-order valence-corrected chi connectivity index (χ0v) is 6.75. The van der Waals surface area contributed by atoms with Gasteiger partial charge in [-0.25, -0.2) is 4.98 Å². The highest BCUT2D eigenvalue weighted by Crippen LogP contribution is 2.14. The summed E-state index contributed by atoms with van der Waals surface area (Å²) in [4.78, 5) is 4.20. The molecule has 0 amide bonds. The average Bonchev–Trinajstić information content (AvgIpc) is 2.55.